The summed E-state index contributed by atoms with van der Waals surface area (Å²) in [6.07, 6.45) is 1.94. The number of hydrogen-bond donors (Lipinski definition) is 1. The fourth-order valence-corrected chi connectivity index (χ4v) is 2.42. The molecule has 0 aliphatic carbocycles. The molecule has 2 rings (SSSR count). The smallest absolute Gasteiger partial charge is 0.182 e. The zero-order valence-corrected chi connectivity index (χ0v) is 10.6. The molecule has 0 bridgehead atoms. The van der Waals surface area contributed by atoms with Gasteiger partial charge in [0.1, 0.15) is 0 Å². The molecule has 1 aromatic carbocycles. The van der Waals surface area contributed by atoms with E-state index in [-0.39, 0.29) is 0 Å². The maximum atomic E-state index is 5.93. The highest BCUT2D eigenvalue weighted by molar-refractivity contribution is 7.13. The number of aryl methyl sites for hydroxylation is 2. The lowest BCUT2D eigenvalue weighted by atomic mass is 10.1. The average molecular weight is 253 g/mol. The van der Waals surface area contributed by atoms with E-state index in [1.807, 2.05) is 25.2 Å². The molecule has 16 heavy (non-hydrogen) atoms. The van der Waals surface area contributed by atoms with E-state index in [9.17, 15) is 0 Å². The Balaban J connectivity index is 1.96. The number of nitrogens with zero attached hydrogens (tertiary/aromatic N) is 1. The third-order valence-corrected chi connectivity index (χ3v) is 3.47. The highest BCUT2D eigenvalue weighted by Crippen LogP contribution is 2.17. The molecular weight excluding hydrogens is 240 g/mol. The number of thiazole rings is 1. The van der Waals surface area contributed by atoms with Crippen LogP contribution in [0.4, 0.5) is 5.13 Å². The van der Waals surface area contributed by atoms with Gasteiger partial charge in [-0.25, -0.2) is 4.98 Å². The summed E-state index contributed by atoms with van der Waals surface area (Å²) >= 11 is 7.57. The van der Waals surface area contributed by atoms with Gasteiger partial charge in [-0.1, -0.05) is 23.7 Å². The molecule has 1 N–H and O–H groups in total. The van der Waals surface area contributed by atoms with Crippen molar-refractivity contribution in [3.63, 3.8) is 0 Å². The Morgan fingerprint density at radius 1 is 1.38 bits per heavy atom. The van der Waals surface area contributed by atoms with E-state index >= 15 is 0 Å². The van der Waals surface area contributed by atoms with Crippen LogP contribution >= 0.6 is 22.9 Å². The van der Waals surface area contributed by atoms with Crippen molar-refractivity contribution in [2.24, 2.45) is 0 Å². The molecule has 0 radical (unpaired) electrons. The van der Waals surface area contributed by atoms with Gasteiger partial charge in [0.15, 0.2) is 5.13 Å². The molecule has 0 saturated carbocycles. The van der Waals surface area contributed by atoms with Gasteiger partial charge in [0.05, 0.1) is 5.69 Å². The Bertz CT molecular complexity index is 468. The van der Waals surface area contributed by atoms with E-state index in [4.69, 9.17) is 11.6 Å². The molecule has 2 nitrogen and oxygen atoms in total. The maximum absolute atomic E-state index is 5.93. The van der Waals surface area contributed by atoms with Gasteiger partial charge in [0.2, 0.25) is 0 Å². The van der Waals surface area contributed by atoms with Crippen LogP contribution in [0.3, 0.4) is 0 Å². The van der Waals surface area contributed by atoms with E-state index in [1.165, 1.54) is 5.56 Å². The highest BCUT2D eigenvalue weighted by Gasteiger charge is 2.01. The molecule has 2 aromatic rings. The number of nitrogens with one attached hydrogen (secondary N) is 1. The Hall–Kier alpha value is -1.06. The van der Waals surface area contributed by atoms with E-state index in [1.54, 1.807) is 11.3 Å². The number of halogens is 1. The number of rotatable bonds is 4. The summed E-state index contributed by atoms with van der Waals surface area (Å²) in [5.41, 5.74) is 2.39. The van der Waals surface area contributed by atoms with Gasteiger partial charge in [0, 0.05) is 17.5 Å². The first-order chi connectivity index (χ1) is 7.78. The summed E-state index contributed by atoms with van der Waals surface area (Å²) in [6.45, 7) is 0. The topological polar surface area (TPSA) is 24.9 Å². The second kappa shape index (κ2) is 5.32. The van der Waals surface area contributed by atoms with Crippen molar-refractivity contribution in [3.05, 3.63) is 45.9 Å². The molecule has 0 unspecified atom stereocenters. The Kier molecular flexibility index (Phi) is 3.80. The lowest BCUT2D eigenvalue weighted by Crippen LogP contribution is -1.92. The van der Waals surface area contributed by atoms with Gasteiger partial charge in [-0.05, 0) is 30.5 Å². The largest absolute Gasteiger partial charge is 0.365 e. The number of benzene rings is 1. The van der Waals surface area contributed by atoms with Crippen LogP contribution in [0.2, 0.25) is 5.02 Å². The molecule has 0 spiro atoms. The molecule has 0 saturated heterocycles. The van der Waals surface area contributed by atoms with Crippen LogP contribution in [0.5, 0.6) is 0 Å². The van der Waals surface area contributed by atoms with Crippen LogP contribution in [0.1, 0.15) is 11.3 Å². The molecule has 4 heteroatoms. The van der Waals surface area contributed by atoms with Gasteiger partial charge in [0.25, 0.3) is 0 Å². The summed E-state index contributed by atoms with van der Waals surface area (Å²) in [5.74, 6) is 0. The highest BCUT2D eigenvalue weighted by atomic mass is 35.5. The quantitative estimate of drug-likeness (QED) is 0.899. The number of aromatic nitrogens is 1. The predicted molar refractivity (Wildman–Crippen MR) is 70.5 cm³/mol. The third-order valence-electron chi connectivity index (χ3n) is 2.32. The SMILES string of the molecule is CNc1nc(CCc2cccc(Cl)c2)cs1. The van der Waals surface area contributed by atoms with Crippen LogP contribution in [0.25, 0.3) is 0 Å². The molecular formula is C12H13ClN2S. The van der Waals surface area contributed by atoms with Crippen LogP contribution in [0, 0.1) is 0 Å². The van der Waals surface area contributed by atoms with Crippen LogP contribution in [0.15, 0.2) is 29.6 Å². The van der Waals surface area contributed by atoms with Gasteiger partial charge in [-0.15, -0.1) is 11.3 Å². The van der Waals surface area contributed by atoms with E-state index in [0.717, 1.165) is 28.7 Å². The molecule has 0 aliphatic heterocycles. The standard InChI is InChI=1S/C12H13ClN2S/c1-14-12-15-11(8-16-12)6-5-9-3-2-4-10(13)7-9/h2-4,7-8H,5-6H2,1H3,(H,14,15). The molecule has 84 valence electrons. The van der Waals surface area contributed by atoms with Crippen molar-refractivity contribution in [1.29, 1.82) is 0 Å². The summed E-state index contributed by atoms with van der Waals surface area (Å²) in [6, 6.07) is 7.98. The first kappa shape index (κ1) is 11.4. The zero-order chi connectivity index (χ0) is 11.4. The molecule has 0 amide bonds. The molecule has 1 heterocycles. The van der Waals surface area contributed by atoms with Crippen molar-refractivity contribution in [3.8, 4) is 0 Å². The van der Waals surface area contributed by atoms with Gasteiger partial charge in [-0.2, -0.15) is 0 Å². The third kappa shape index (κ3) is 2.97. The predicted octanol–water partition coefficient (Wildman–Crippen LogP) is 3.62. The minimum Gasteiger partial charge on any atom is -0.365 e. The average Bonchev–Trinajstić information content (AvgIpc) is 2.74. The summed E-state index contributed by atoms with van der Waals surface area (Å²) in [5, 5.41) is 6.91. The Labute approximate surface area is 104 Å². The van der Waals surface area contributed by atoms with Gasteiger partial charge < -0.3 is 5.32 Å². The molecule has 0 atom stereocenters. The van der Waals surface area contributed by atoms with Crippen molar-refractivity contribution in [2.45, 2.75) is 12.8 Å². The van der Waals surface area contributed by atoms with Crippen molar-refractivity contribution in [1.82, 2.24) is 4.98 Å². The summed E-state index contributed by atoms with van der Waals surface area (Å²) in [4.78, 5) is 4.44. The molecule has 0 fully saturated rings. The second-order valence-electron chi connectivity index (χ2n) is 3.52. The fraction of sp³-hybridized carbons (Fsp3) is 0.250. The minimum absolute atomic E-state index is 0.798. The van der Waals surface area contributed by atoms with Crippen LogP contribution < -0.4 is 5.32 Å². The number of hydrogen-bond acceptors (Lipinski definition) is 3. The molecule has 0 aliphatic rings. The Morgan fingerprint density at radius 2 is 2.25 bits per heavy atom. The fourth-order valence-electron chi connectivity index (χ4n) is 1.50. The zero-order valence-electron chi connectivity index (χ0n) is 9.03. The lowest BCUT2D eigenvalue weighted by Gasteiger charge is -1.99. The first-order valence-electron chi connectivity index (χ1n) is 5.14. The summed E-state index contributed by atoms with van der Waals surface area (Å²) in [7, 11) is 1.89. The van der Waals surface area contributed by atoms with Crippen molar-refractivity contribution in [2.75, 3.05) is 12.4 Å². The minimum atomic E-state index is 0.798. The van der Waals surface area contributed by atoms with Crippen LogP contribution in [-0.2, 0) is 12.8 Å². The normalized spacial score (nSPS) is 10.4. The monoisotopic (exact) mass is 252 g/mol. The van der Waals surface area contributed by atoms with Gasteiger partial charge >= 0.3 is 0 Å². The van der Waals surface area contributed by atoms with Gasteiger partial charge in [-0.3, -0.25) is 0 Å². The van der Waals surface area contributed by atoms with E-state index < -0.39 is 0 Å². The molecule has 1 aromatic heterocycles. The Morgan fingerprint density at radius 3 is 2.94 bits per heavy atom. The van der Waals surface area contributed by atoms with Crippen LogP contribution in [-0.4, -0.2) is 12.0 Å². The second-order valence-corrected chi connectivity index (χ2v) is 4.82. The number of anilines is 1. The first-order valence-corrected chi connectivity index (χ1v) is 6.40. The van der Waals surface area contributed by atoms with E-state index in [2.05, 4.69) is 21.7 Å². The summed E-state index contributed by atoms with van der Waals surface area (Å²) < 4.78 is 0. The maximum Gasteiger partial charge on any atom is 0.182 e. The van der Waals surface area contributed by atoms with Crippen molar-refractivity contribution >= 4 is 28.1 Å². The van der Waals surface area contributed by atoms with Crippen molar-refractivity contribution < 1.29 is 0 Å². The van der Waals surface area contributed by atoms with E-state index in [0.29, 0.717) is 0 Å². The lowest BCUT2D eigenvalue weighted by molar-refractivity contribution is 0.926.